The molecule has 10 heteroatoms. The second-order valence-corrected chi connectivity index (χ2v) is 7.34. The van der Waals surface area contributed by atoms with E-state index in [9.17, 15) is 14.4 Å². The quantitative estimate of drug-likeness (QED) is 0.583. The molecule has 1 fully saturated rings. The summed E-state index contributed by atoms with van der Waals surface area (Å²) in [4.78, 5) is 44.7. The fourth-order valence-electron chi connectivity index (χ4n) is 3.46. The SMILES string of the molecule is Cn1c(=O)c2c(nc(N3CCOCC3)n2CC(=O)c2ccc(Cl)cc2)n(C)c1=O. The third-order valence-electron chi connectivity index (χ3n) is 5.09. The first-order valence-electron chi connectivity index (χ1n) is 9.16. The van der Waals surface area contributed by atoms with Crippen LogP contribution in [0.3, 0.4) is 0 Å². The molecule has 3 heterocycles. The lowest BCUT2D eigenvalue weighted by Crippen LogP contribution is -2.39. The van der Waals surface area contributed by atoms with E-state index in [-0.39, 0.29) is 23.5 Å². The Morgan fingerprint density at radius 1 is 1.10 bits per heavy atom. The zero-order valence-corrected chi connectivity index (χ0v) is 16.8. The number of rotatable bonds is 4. The number of Topliss-reactive ketones (excluding diaryl/α,β-unsaturated/α-hetero) is 1. The minimum Gasteiger partial charge on any atom is -0.378 e. The Morgan fingerprint density at radius 2 is 1.76 bits per heavy atom. The molecule has 3 aromatic rings. The average molecular weight is 418 g/mol. The smallest absolute Gasteiger partial charge is 0.332 e. The number of anilines is 1. The lowest BCUT2D eigenvalue weighted by molar-refractivity contribution is 0.0972. The van der Waals surface area contributed by atoms with E-state index in [0.717, 1.165) is 4.57 Å². The molecule has 0 aliphatic carbocycles. The van der Waals surface area contributed by atoms with Crippen LogP contribution in [0.25, 0.3) is 11.2 Å². The molecular formula is C19H20ClN5O4. The highest BCUT2D eigenvalue weighted by atomic mass is 35.5. The average Bonchev–Trinajstić information content (AvgIpc) is 3.11. The van der Waals surface area contributed by atoms with Crippen LogP contribution in [0.15, 0.2) is 33.9 Å². The standard InChI is InChI=1S/C19H20ClN5O4/c1-22-16-15(17(27)23(2)19(22)28)25(18(21-16)24-7-9-29-10-8-24)11-14(26)12-3-5-13(20)6-4-12/h3-6H,7-11H2,1-2H3. The molecule has 0 bridgehead atoms. The van der Waals surface area contributed by atoms with E-state index in [1.807, 2.05) is 4.90 Å². The van der Waals surface area contributed by atoms with Crippen LogP contribution < -0.4 is 16.1 Å². The van der Waals surface area contributed by atoms with E-state index in [1.54, 1.807) is 35.9 Å². The maximum atomic E-state index is 12.9. The van der Waals surface area contributed by atoms with Crippen LogP contribution in [0.4, 0.5) is 5.95 Å². The molecule has 2 aromatic heterocycles. The number of halogens is 1. The number of morpholine rings is 1. The van der Waals surface area contributed by atoms with Gasteiger partial charge in [0.05, 0.1) is 19.8 Å². The van der Waals surface area contributed by atoms with Gasteiger partial charge < -0.3 is 9.64 Å². The predicted octanol–water partition coefficient (Wildman–Crippen LogP) is 0.807. The number of imidazole rings is 1. The van der Waals surface area contributed by atoms with Gasteiger partial charge in [-0.15, -0.1) is 0 Å². The molecule has 0 spiro atoms. The van der Waals surface area contributed by atoms with Crippen LogP contribution in [0.2, 0.25) is 5.02 Å². The van der Waals surface area contributed by atoms with Crippen molar-refractivity contribution in [3.8, 4) is 0 Å². The van der Waals surface area contributed by atoms with Gasteiger partial charge in [-0.1, -0.05) is 11.6 Å². The van der Waals surface area contributed by atoms with Crippen LogP contribution in [-0.4, -0.2) is 50.8 Å². The Kier molecular flexibility index (Phi) is 5.01. The number of hydrogen-bond donors (Lipinski definition) is 0. The Hall–Kier alpha value is -2.91. The summed E-state index contributed by atoms with van der Waals surface area (Å²) in [5, 5.41) is 0.535. The summed E-state index contributed by atoms with van der Waals surface area (Å²) in [5.41, 5.74) is -0.00329. The van der Waals surface area contributed by atoms with Crippen molar-refractivity contribution in [1.29, 1.82) is 0 Å². The molecule has 152 valence electrons. The van der Waals surface area contributed by atoms with Crippen molar-refractivity contribution in [2.75, 3.05) is 31.2 Å². The van der Waals surface area contributed by atoms with Crippen molar-refractivity contribution < 1.29 is 9.53 Å². The molecule has 0 amide bonds. The zero-order valence-electron chi connectivity index (χ0n) is 16.1. The molecule has 0 N–H and O–H groups in total. The molecule has 1 saturated heterocycles. The molecule has 4 rings (SSSR count). The third-order valence-corrected chi connectivity index (χ3v) is 5.34. The van der Waals surface area contributed by atoms with Gasteiger partial charge in [-0.3, -0.25) is 23.3 Å². The number of carbonyl (C=O) groups is 1. The summed E-state index contributed by atoms with van der Waals surface area (Å²) < 4.78 is 9.35. The lowest BCUT2D eigenvalue weighted by Gasteiger charge is -2.28. The van der Waals surface area contributed by atoms with Crippen LogP contribution in [0, 0.1) is 0 Å². The normalized spacial score (nSPS) is 14.5. The molecule has 1 aromatic carbocycles. The van der Waals surface area contributed by atoms with E-state index in [4.69, 9.17) is 16.3 Å². The first-order chi connectivity index (χ1) is 13.9. The highest BCUT2D eigenvalue weighted by Crippen LogP contribution is 2.22. The van der Waals surface area contributed by atoms with Crippen molar-refractivity contribution in [1.82, 2.24) is 18.7 Å². The number of benzene rings is 1. The van der Waals surface area contributed by atoms with Crippen LogP contribution in [0.1, 0.15) is 10.4 Å². The molecule has 0 atom stereocenters. The predicted molar refractivity (Wildman–Crippen MR) is 109 cm³/mol. The van der Waals surface area contributed by atoms with E-state index >= 15 is 0 Å². The molecule has 1 aliphatic rings. The van der Waals surface area contributed by atoms with Crippen molar-refractivity contribution in [3.63, 3.8) is 0 Å². The minimum absolute atomic E-state index is 0.0851. The van der Waals surface area contributed by atoms with Crippen molar-refractivity contribution in [3.05, 3.63) is 55.7 Å². The monoisotopic (exact) mass is 417 g/mol. The van der Waals surface area contributed by atoms with Gasteiger partial charge in [0.2, 0.25) is 5.95 Å². The fraction of sp³-hybridized carbons (Fsp3) is 0.368. The van der Waals surface area contributed by atoms with Gasteiger partial charge in [0.25, 0.3) is 5.56 Å². The zero-order chi connectivity index (χ0) is 20.7. The summed E-state index contributed by atoms with van der Waals surface area (Å²) in [6.07, 6.45) is 0. The number of ketones is 1. The number of aromatic nitrogens is 4. The minimum atomic E-state index is -0.487. The van der Waals surface area contributed by atoms with Crippen LogP contribution >= 0.6 is 11.6 Å². The van der Waals surface area contributed by atoms with Gasteiger partial charge in [0.1, 0.15) is 0 Å². The second kappa shape index (κ2) is 7.49. The van der Waals surface area contributed by atoms with E-state index in [1.165, 1.54) is 11.6 Å². The first kappa shape index (κ1) is 19.4. The maximum absolute atomic E-state index is 12.9. The Bertz CT molecular complexity index is 1200. The van der Waals surface area contributed by atoms with E-state index in [2.05, 4.69) is 4.98 Å². The van der Waals surface area contributed by atoms with Gasteiger partial charge in [0, 0.05) is 37.8 Å². The number of ether oxygens (including phenoxy) is 1. The fourth-order valence-corrected chi connectivity index (χ4v) is 3.59. The highest BCUT2D eigenvalue weighted by molar-refractivity contribution is 6.30. The summed E-state index contributed by atoms with van der Waals surface area (Å²) in [6.45, 7) is 2.11. The number of hydrogen-bond acceptors (Lipinski definition) is 6. The summed E-state index contributed by atoms with van der Waals surface area (Å²) in [5.74, 6) is 0.287. The molecule has 0 unspecified atom stereocenters. The molecule has 0 saturated carbocycles. The summed E-state index contributed by atoms with van der Waals surface area (Å²) >= 11 is 5.91. The molecule has 1 aliphatic heterocycles. The maximum Gasteiger partial charge on any atom is 0.332 e. The largest absolute Gasteiger partial charge is 0.378 e. The molecular weight excluding hydrogens is 398 g/mol. The van der Waals surface area contributed by atoms with Crippen molar-refractivity contribution >= 4 is 34.5 Å². The van der Waals surface area contributed by atoms with Gasteiger partial charge in [-0.25, -0.2) is 4.79 Å². The van der Waals surface area contributed by atoms with Crippen LogP contribution in [0.5, 0.6) is 0 Å². The van der Waals surface area contributed by atoms with Gasteiger partial charge in [-0.05, 0) is 24.3 Å². The van der Waals surface area contributed by atoms with Gasteiger partial charge in [-0.2, -0.15) is 4.98 Å². The lowest BCUT2D eigenvalue weighted by atomic mass is 10.1. The van der Waals surface area contributed by atoms with Crippen LogP contribution in [-0.2, 0) is 25.4 Å². The number of fused-ring (bicyclic) bond motifs is 1. The molecule has 29 heavy (non-hydrogen) atoms. The summed E-state index contributed by atoms with van der Waals surface area (Å²) in [6, 6.07) is 6.58. The Labute approximate surface area is 170 Å². The second-order valence-electron chi connectivity index (χ2n) is 6.91. The highest BCUT2D eigenvalue weighted by Gasteiger charge is 2.25. The first-order valence-corrected chi connectivity index (χ1v) is 9.54. The van der Waals surface area contributed by atoms with Crippen molar-refractivity contribution in [2.24, 2.45) is 14.1 Å². The van der Waals surface area contributed by atoms with E-state index in [0.29, 0.717) is 42.8 Å². The Balaban J connectivity index is 1.89. The summed E-state index contributed by atoms with van der Waals surface area (Å²) in [7, 11) is 2.97. The molecule has 0 radical (unpaired) electrons. The molecule has 9 nitrogen and oxygen atoms in total. The topological polar surface area (TPSA) is 91.4 Å². The van der Waals surface area contributed by atoms with Crippen molar-refractivity contribution in [2.45, 2.75) is 6.54 Å². The van der Waals surface area contributed by atoms with Gasteiger partial charge in [0.15, 0.2) is 16.9 Å². The number of nitrogens with zero attached hydrogens (tertiary/aromatic N) is 5. The number of carbonyl (C=O) groups excluding carboxylic acids is 1. The Morgan fingerprint density at radius 3 is 2.41 bits per heavy atom. The van der Waals surface area contributed by atoms with Gasteiger partial charge >= 0.3 is 5.69 Å². The van der Waals surface area contributed by atoms with E-state index < -0.39 is 11.2 Å². The third kappa shape index (κ3) is 3.36. The number of aryl methyl sites for hydroxylation is 1.